The molecule has 2 heterocycles. The molecule has 1 aliphatic heterocycles. The molecule has 1 amide bonds. The van der Waals surface area contributed by atoms with Crippen molar-refractivity contribution in [2.75, 3.05) is 13.1 Å². The minimum atomic E-state index is -0.442. The number of hydrogen-bond donors (Lipinski definition) is 0. The van der Waals surface area contributed by atoms with Gasteiger partial charge in [-0.25, -0.2) is 14.5 Å². The third kappa shape index (κ3) is 2.95. The van der Waals surface area contributed by atoms with Crippen molar-refractivity contribution < 1.29 is 9.53 Å². The zero-order chi connectivity index (χ0) is 12.5. The summed E-state index contributed by atoms with van der Waals surface area (Å²) < 4.78 is 7.13. The van der Waals surface area contributed by atoms with Crippen LogP contribution >= 0.6 is 0 Å². The summed E-state index contributed by atoms with van der Waals surface area (Å²) in [6.07, 6.45) is 3.84. The minimum Gasteiger partial charge on any atom is -0.444 e. The van der Waals surface area contributed by atoms with E-state index in [4.69, 9.17) is 4.74 Å². The topological polar surface area (TPSA) is 60.2 Å². The minimum absolute atomic E-state index is 0.213. The number of amides is 1. The quantitative estimate of drug-likeness (QED) is 0.743. The van der Waals surface area contributed by atoms with Gasteiger partial charge in [-0.05, 0) is 27.2 Å². The van der Waals surface area contributed by atoms with Crippen LogP contribution in [-0.4, -0.2) is 44.4 Å². The van der Waals surface area contributed by atoms with Gasteiger partial charge >= 0.3 is 6.09 Å². The van der Waals surface area contributed by atoms with Crippen LogP contribution in [0.2, 0.25) is 0 Å². The van der Waals surface area contributed by atoms with Gasteiger partial charge in [0.1, 0.15) is 18.3 Å². The molecule has 17 heavy (non-hydrogen) atoms. The maximum absolute atomic E-state index is 11.8. The second-order valence-corrected chi connectivity index (χ2v) is 5.24. The van der Waals surface area contributed by atoms with E-state index in [0.717, 1.165) is 6.42 Å². The molecule has 94 valence electrons. The fourth-order valence-corrected chi connectivity index (χ4v) is 1.86. The molecular weight excluding hydrogens is 220 g/mol. The number of likely N-dealkylation sites (tertiary alicyclic amines) is 1. The van der Waals surface area contributed by atoms with Gasteiger partial charge in [0.05, 0.1) is 6.04 Å². The summed E-state index contributed by atoms with van der Waals surface area (Å²) in [6.45, 7) is 6.96. The molecule has 6 heteroatoms. The predicted molar refractivity (Wildman–Crippen MR) is 61.5 cm³/mol. The lowest BCUT2D eigenvalue weighted by Gasteiger charge is -2.24. The Bertz CT molecular complexity index is 383. The summed E-state index contributed by atoms with van der Waals surface area (Å²) in [4.78, 5) is 17.5. The number of rotatable bonds is 1. The molecule has 6 nitrogen and oxygen atoms in total. The maximum Gasteiger partial charge on any atom is 0.410 e. The van der Waals surface area contributed by atoms with Crippen molar-refractivity contribution in [2.45, 2.75) is 38.8 Å². The van der Waals surface area contributed by atoms with Gasteiger partial charge in [0.25, 0.3) is 0 Å². The highest BCUT2D eigenvalue weighted by Crippen LogP contribution is 2.22. The van der Waals surface area contributed by atoms with E-state index < -0.39 is 5.60 Å². The van der Waals surface area contributed by atoms with E-state index in [2.05, 4.69) is 10.1 Å². The molecule has 0 aliphatic carbocycles. The molecule has 1 aromatic rings. The largest absolute Gasteiger partial charge is 0.444 e. The number of carbonyl (C=O) groups is 1. The van der Waals surface area contributed by atoms with Crippen LogP contribution in [0.4, 0.5) is 4.79 Å². The Labute approximate surface area is 101 Å². The number of carbonyl (C=O) groups excluding carboxylic acids is 1. The monoisotopic (exact) mass is 238 g/mol. The zero-order valence-corrected chi connectivity index (χ0v) is 10.5. The molecule has 0 spiro atoms. The van der Waals surface area contributed by atoms with Crippen molar-refractivity contribution in [3.8, 4) is 0 Å². The molecule has 2 rings (SSSR count). The van der Waals surface area contributed by atoms with E-state index in [1.54, 1.807) is 15.9 Å². The summed E-state index contributed by atoms with van der Waals surface area (Å²) in [6, 6.07) is 0.213. The molecule has 1 aromatic heterocycles. The van der Waals surface area contributed by atoms with Crippen LogP contribution in [0.15, 0.2) is 12.7 Å². The predicted octanol–water partition coefficient (Wildman–Crippen LogP) is 1.46. The summed E-state index contributed by atoms with van der Waals surface area (Å²) in [7, 11) is 0. The third-order valence-electron chi connectivity index (χ3n) is 2.63. The Balaban J connectivity index is 1.92. The summed E-state index contributed by atoms with van der Waals surface area (Å²) in [5, 5.41) is 4.09. The molecule has 1 saturated heterocycles. The van der Waals surface area contributed by atoms with Crippen molar-refractivity contribution in [1.82, 2.24) is 19.7 Å². The van der Waals surface area contributed by atoms with E-state index in [1.165, 1.54) is 6.33 Å². The zero-order valence-electron chi connectivity index (χ0n) is 10.5. The van der Waals surface area contributed by atoms with Crippen molar-refractivity contribution >= 4 is 6.09 Å². The van der Waals surface area contributed by atoms with Gasteiger partial charge in [0, 0.05) is 13.1 Å². The highest BCUT2D eigenvalue weighted by molar-refractivity contribution is 5.68. The molecular formula is C11H18N4O2. The summed E-state index contributed by atoms with van der Waals surface area (Å²) in [5.41, 5.74) is -0.442. The van der Waals surface area contributed by atoms with Gasteiger partial charge in [-0.1, -0.05) is 0 Å². The standard InChI is InChI=1S/C11H18N4O2/c1-11(2,3)17-10(16)14-5-4-9(6-14)15-8-12-7-13-15/h7-9H,4-6H2,1-3H3/t9-/m1/s1. The van der Waals surface area contributed by atoms with E-state index >= 15 is 0 Å². The Hall–Kier alpha value is -1.59. The summed E-state index contributed by atoms with van der Waals surface area (Å²) >= 11 is 0. The van der Waals surface area contributed by atoms with Gasteiger partial charge < -0.3 is 9.64 Å². The Morgan fingerprint density at radius 1 is 1.47 bits per heavy atom. The molecule has 0 bridgehead atoms. The Morgan fingerprint density at radius 2 is 2.24 bits per heavy atom. The maximum atomic E-state index is 11.8. The van der Waals surface area contributed by atoms with Crippen molar-refractivity contribution in [3.05, 3.63) is 12.7 Å². The van der Waals surface area contributed by atoms with E-state index in [0.29, 0.717) is 13.1 Å². The van der Waals surface area contributed by atoms with E-state index in [1.807, 2.05) is 20.8 Å². The van der Waals surface area contributed by atoms with Crippen LogP contribution in [0.25, 0.3) is 0 Å². The highest BCUT2D eigenvalue weighted by atomic mass is 16.6. The van der Waals surface area contributed by atoms with Gasteiger partial charge in [0.2, 0.25) is 0 Å². The van der Waals surface area contributed by atoms with Gasteiger partial charge in [-0.15, -0.1) is 0 Å². The van der Waals surface area contributed by atoms with E-state index in [-0.39, 0.29) is 12.1 Å². The average molecular weight is 238 g/mol. The third-order valence-corrected chi connectivity index (χ3v) is 2.63. The first-order valence-corrected chi connectivity index (χ1v) is 5.78. The molecule has 0 aromatic carbocycles. The summed E-state index contributed by atoms with van der Waals surface area (Å²) in [5.74, 6) is 0. The normalized spacial score (nSPS) is 20.6. The van der Waals surface area contributed by atoms with Crippen LogP contribution in [0.1, 0.15) is 33.2 Å². The molecule has 0 saturated carbocycles. The molecule has 0 N–H and O–H groups in total. The van der Waals surface area contributed by atoms with Crippen molar-refractivity contribution in [1.29, 1.82) is 0 Å². The SMILES string of the molecule is CC(C)(C)OC(=O)N1CC[C@@H](n2cncn2)C1. The first-order chi connectivity index (χ1) is 7.96. The fraction of sp³-hybridized carbons (Fsp3) is 0.727. The van der Waals surface area contributed by atoms with Gasteiger partial charge in [-0.2, -0.15) is 5.10 Å². The molecule has 1 fully saturated rings. The molecule has 1 atom stereocenters. The smallest absolute Gasteiger partial charge is 0.410 e. The van der Waals surface area contributed by atoms with Crippen LogP contribution < -0.4 is 0 Å². The average Bonchev–Trinajstić information content (AvgIpc) is 2.86. The number of ether oxygens (including phenoxy) is 1. The molecule has 0 unspecified atom stereocenters. The lowest BCUT2D eigenvalue weighted by Crippen LogP contribution is -2.35. The second kappa shape index (κ2) is 4.35. The van der Waals surface area contributed by atoms with Crippen LogP contribution in [0.5, 0.6) is 0 Å². The highest BCUT2D eigenvalue weighted by Gasteiger charge is 2.30. The second-order valence-electron chi connectivity index (χ2n) is 5.24. The number of hydrogen-bond acceptors (Lipinski definition) is 4. The first-order valence-electron chi connectivity index (χ1n) is 5.78. The van der Waals surface area contributed by atoms with Crippen LogP contribution in [0.3, 0.4) is 0 Å². The molecule has 0 radical (unpaired) electrons. The first kappa shape index (κ1) is 11.9. The van der Waals surface area contributed by atoms with E-state index in [9.17, 15) is 4.79 Å². The van der Waals surface area contributed by atoms with Crippen LogP contribution in [-0.2, 0) is 4.74 Å². The van der Waals surface area contributed by atoms with Crippen molar-refractivity contribution in [3.63, 3.8) is 0 Å². The molecule has 1 aliphatic rings. The number of aromatic nitrogens is 3. The lowest BCUT2D eigenvalue weighted by molar-refractivity contribution is 0.0288. The van der Waals surface area contributed by atoms with Crippen molar-refractivity contribution in [2.24, 2.45) is 0 Å². The fourth-order valence-electron chi connectivity index (χ4n) is 1.86. The van der Waals surface area contributed by atoms with Crippen LogP contribution in [0, 0.1) is 0 Å². The van der Waals surface area contributed by atoms with Gasteiger partial charge in [0.15, 0.2) is 0 Å². The lowest BCUT2D eigenvalue weighted by atomic mass is 10.2. The number of nitrogens with zero attached hydrogens (tertiary/aromatic N) is 4. The Kier molecular flexibility index (Phi) is 3.04. The van der Waals surface area contributed by atoms with Gasteiger partial charge in [-0.3, -0.25) is 0 Å². The Morgan fingerprint density at radius 3 is 2.82 bits per heavy atom.